The molecule has 0 radical (unpaired) electrons. The highest BCUT2D eigenvalue weighted by molar-refractivity contribution is 5.84. The zero-order valence-electron chi connectivity index (χ0n) is 17.0. The quantitative estimate of drug-likeness (QED) is 0.721. The van der Waals surface area contributed by atoms with Crippen molar-refractivity contribution in [2.75, 3.05) is 37.6 Å². The van der Waals surface area contributed by atoms with Crippen LogP contribution < -0.4 is 15.5 Å². The smallest absolute Gasteiger partial charge is 0.315 e. The van der Waals surface area contributed by atoms with Crippen molar-refractivity contribution in [3.8, 4) is 5.75 Å². The zero-order chi connectivity index (χ0) is 20.9. The molecular formula is C23H28N4O3. The number of piperazine rings is 1. The fourth-order valence-corrected chi connectivity index (χ4v) is 4.22. The monoisotopic (exact) mass is 408 g/mol. The SMILES string of the molecule is O=C(NCC(=O)N1CCN(c2ccccc2)CC1)NC1CCc2cc(O)ccc2C1. The second-order valence-corrected chi connectivity index (χ2v) is 7.92. The Kier molecular flexibility index (Phi) is 6.07. The molecule has 3 N–H and O–H groups in total. The van der Waals surface area contributed by atoms with Crippen molar-refractivity contribution in [2.45, 2.75) is 25.3 Å². The highest BCUT2D eigenvalue weighted by atomic mass is 16.3. The molecule has 7 heteroatoms. The molecular weight excluding hydrogens is 380 g/mol. The van der Waals surface area contributed by atoms with E-state index in [1.54, 1.807) is 12.1 Å². The average Bonchev–Trinajstić information content (AvgIpc) is 2.78. The Bertz CT molecular complexity index is 895. The van der Waals surface area contributed by atoms with Crippen molar-refractivity contribution in [3.63, 3.8) is 0 Å². The number of carbonyl (C=O) groups excluding carboxylic acids is 2. The number of phenols is 1. The van der Waals surface area contributed by atoms with E-state index in [4.69, 9.17) is 0 Å². The molecule has 1 atom stereocenters. The first-order chi connectivity index (χ1) is 14.6. The lowest BCUT2D eigenvalue weighted by Crippen LogP contribution is -2.52. The van der Waals surface area contributed by atoms with Gasteiger partial charge in [-0.3, -0.25) is 4.79 Å². The maximum absolute atomic E-state index is 12.5. The number of carbonyl (C=O) groups is 2. The van der Waals surface area contributed by atoms with Gasteiger partial charge < -0.3 is 25.5 Å². The van der Waals surface area contributed by atoms with E-state index < -0.39 is 0 Å². The molecule has 0 bridgehead atoms. The van der Waals surface area contributed by atoms with Crippen LogP contribution in [0, 0.1) is 0 Å². The number of aromatic hydroxyl groups is 1. The fourth-order valence-electron chi connectivity index (χ4n) is 4.22. The molecule has 2 aromatic rings. The summed E-state index contributed by atoms with van der Waals surface area (Å²) in [5, 5.41) is 15.3. The molecule has 1 aliphatic heterocycles. The number of benzene rings is 2. The Balaban J connectivity index is 1.19. The summed E-state index contributed by atoms with van der Waals surface area (Å²) < 4.78 is 0. The highest BCUT2D eigenvalue weighted by Gasteiger charge is 2.23. The molecule has 2 aliphatic rings. The summed E-state index contributed by atoms with van der Waals surface area (Å²) in [5.41, 5.74) is 3.46. The molecule has 1 unspecified atom stereocenters. The van der Waals surface area contributed by atoms with Crippen molar-refractivity contribution in [3.05, 3.63) is 59.7 Å². The number of nitrogens with one attached hydrogen (secondary N) is 2. The first-order valence-corrected chi connectivity index (χ1v) is 10.5. The van der Waals surface area contributed by atoms with Crippen LogP contribution in [0.3, 0.4) is 0 Å². The van der Waals surface area contributed by atoms with Gasteiger partial charge in [-0.2, -0.15) is 0 Å². The summed E-state index contributed by atoms with van der Waals surface area (Å²) in [6.07, 6.45) is 2.37. The summed E-state index contributed by atoms with van der Waals surface area (Å²) in [5.74, 6) is 0.225. The maximum atomic E-state index is 12.5. The molecule has 1 saturated heterocycles. The first kappa shape index (κ1) is 20.1. The summed E-state index contributed by atoms with van der Waals surface area (Å²) in [6, 6.07) is 15.3. The topological polar surface area (TPSA) is 84.9 Å². The number of fused-ring (bicyclic) bond motifs is 1. The van der Waals surface area contributed by atoms with Crippen LogP contribution in [0.15, 0.2) is 48.5 Å². The minimum Gasteiger partial charge on any atom is -0.508 e. The van der Waals surface area contributed by atoms with E-state index in [9.17, 15) is 14.7 Å². The third-order valence-electron chi connectivity index (χ3n) is 5.91. The number of aryl methyl sites for hydroxylation is 1. The van der Waals surface area contributed by atoms with Crippen molar-refractivity contribution < 1.29 is 14.7 Å². The number of anilines is 1. The van der Waals surface area contributed by atoms with Gasteiger partial charge in [0.1, 0.15) is 5.75 Å². The van der Waals surface area contributed by atoms with E-state index in [1.807, 2.05) is 29.2 Å². The van der Waals surface area contributed by atoms with Crippen LogP contribution in [-0.2, 0) is 17.6 Å². The molecule has 30 heavy (non-hydrogen) atoms. The number of rotatable bonds is 4. The molecule has 7 nitrogen and oxygen atoms in total. The third-order valence-corrected chi connectivity index (χ3v) is 5.91. The van der Waals surface area contributed by atoms with E-state index in [0.717, 1.165) is 43.5 Å². The molecule has 0 saturated carbocycles. The van der Waals surface area contributed by atoms with Crippen molar-refractivity contribution in [1.29, 1.82) is 0 Å². The van der Waals surface area contributed by atoms with Gasteiger partial charge in [-0.15, -0.1) is 0 Å². The minimum absolute atomic E-state index is 0.00828. The van der Waals surface area contributed by atoms with Gasteiger partial charge in [0.25, 0.3) is 0 Å². The van der Waals surface area contributed by atoms with Crippen LogP contribution in [0.1, 0.15) is 17.5 Å². The predicted octanol–water partition coefficient (Wildman–Crippen LogP) is 1.90. The van der Waals surface area contributed by atoms with Gasteiger partial charge in [0, 0.05) is 37.9 Å². The third kappa shape index (κ3) is 4.84. The number of nitrogens with zero attached hydrogens (tertiary/aromatic N) is 2. The number of amides is 3. The van der Waals surface area contributed by atoms with E-state index in [-0.39, 0.29) is 30.3 Å². The van der Waals surface area contributed by atoms with Gasteiger partial charge in [-0.05, 0) is 54.7 Å². The standard InChI is InChI=1S/C23H28N4O3/c28-21-9-7-17-14-19(8-6-18(17)15-21)25-23(30)24-16-22(29)27-12-10-26(11-13-27)20-4-2-1-3-5-20/h1-5,7,9,15,19,28H,6,8,10-14,16H2,(H2,24,25,30). The second-order valence-electron chi connectivity index (χ2n) is 7.92. The molecule has 3 amide bonds. The highest BCUT2D eigenvalue weighted by Crippen LogP contribution is 2.25. The molecule has 0 aromatic heterocycles. The number of phenolic OH excluding ortho intramolecular Hbond substituents is 1. The fraction of sp³-hybridized carbons (Fsp3) is 0.391. The minimum atomic E-state index is -0.307. The lowest BCUT2D eigenvalue weighted by Gasteiger charge is -2.36. The predicted molar refractivity (Wildman–Crippen MR) is 116 cm³/mol. The molecule has 2 aromatic carbocycles. The molecule has 1 aliphatic carbocycles. The lowest BCUT2D eigenvalue weighted by molar-refractivity contribution is -0.130. The van der Waals surface area contributed by atoms with Gasteiger partial charge in [0.05, 0.1) is 6.54 Å². The lowest BCUT2D eigenvalue weighted by atomic mass is 9.88. The molecule has 1 fully saturated rings. The Morgan fingerprint density at radius 2 is 1.77 bits per heavy atom. The van der Waals surface area contributed by atoms with E-state index >= 15 is 0 Å². The van der Waals surface area contributed by atoms with Crippen LogP contribution in [0.5, 0.6) is 5.75 Å². The normalized spacial score (nSPS) is 18.5. The molecule has 0 spiro atoms. The molecule has 4 rings (SSSR count). The number of hydrogen-bond acceptors (Lipinski definition) is 4. The van der Waals surface area contributed by atoms with Crippen LogP contribution in [0.2, 0.25) is 0 Å². The van der Waals surface area contributed by atoms with Crippen LogP contribution in [0.25, 0.3) is 0 Å². The summed E-state index contributed by atoms with van der Waals surface area (Å²) in [7, 11) is 0. The average molecular weight is 409 g/mol. The summed E-state index contributed by atoms with van der Waals surface area (Å²) in [6.45, 7) is 2.90. The Labute approximate surface area is 176 Å². The van der Waals surface area contributed by atoms with E-state index in [1.165, 1.54) is 5.69 Å². The van der Waals surface area contributed by atoms with E-state index in [0.29, 0.717) is 13.1 Å². The molecule has 1 heterocycles. The second kappa shape index (κ2) is 9.07. The van der Waals surface area contributed by atoms with Crippen molar-refractivity contribution in [1.82, 2.24) is 15.5 Å². The van der Waals surface area contributed by atoms with Crippen molar-refractivity contribution in [2.24, 2.45) is 0 Å². The van der Waals surface area contributed by atoms with Gasteiger partial charge in [-0.25, -0.2) is 4.79 Å². The van der Waals surface area contributed by atoms with Crippen LogP contribution >= 0.6 is 0 Å². The zero-order valence-corrected chi connectivity index (χ0v) is 17.0. The number of hydrogen-bond donors (Lipinski definition) is 3. The van der Waals surface area contributed by atoms with Crippen LogP contribution in [0.4, 0.5) is 10.5 Å². The van der Waals surface area contributed by atoms with Crippen LogP contribution in [-0.4, -0.2) is 60.7 Å². The Hall–Kier alpha value is -3.22. The molecule has 158 valence electrons. The number of urea groups is 1. The Morgan fingerprint density at radius 1 is 1.00 bits per heavy atom. The maximum Gasteiger partial charge on any atom is 0.315 e. The largest absolute Gasteiger partial charge is 0.508 e. The number of para-hydroxylation sites is 1. The van der Waals surface area contributed by atoms with Gasteiger partial charge >= 0.3 is 6.03 Å². The van der Waals surface area contributed by atoms with Gasteiger partial charge in [0.2, 0.25) is 5.91 Å². The van der Waals surface area contributed by atoms with Gasteiger partial charge in [0.15, 0.2) is 0 Å². The first-order valence-electron chi connectivity index (χ1n) is 10.5. The summed E-state index contributed by atoms with van der Waals surface area (Å²) >= 11 is 0. The van der Waals surface area contributed by atoms with Crippen molar-refractivity contribution >= 4 is 17.6 Å². The summed E-state index contributed by atoms with van der Waals surface area (Å²) in [4.78, 5) is 28.8. The van der Waals surface area contributed by atoms with Gasteiger partial charge in [-0.1, -0.05) is 24.3 Å². The Morgan fingerprint density at radius 3 is 2.53 bits per heavy atom. The van der Waals surface area contributed by atoms with E-state index in [2.05, 4.69) is 27.7 Å².